The summed E-state index contributed by atoms with van der Waals surface area (Å²) in [5.74, 6) is -0.885. The molecule has 3 aliphatic heterocycles. The van der Waals surface area contributed by atoms with Crippen molar-refractivity contribution >= 4 is 17.7 Å². The number of nitrogens with zero attached hydrogens (tertiary/aromatic N) is 2. The number of amides is 1. The van der Waals surface area contributed by atoms with E-state index in [2.05, 4.69) is 5.32 Å². The van der Waals surface area contributed by atoms with Crippen molar-refractivity contribution in [3.8, 4) is 0 Å². The Balaban J connectivity index is 1.62. The van der Waals surface area contributed by atoms with Crippen molar-refractivity contribution in [3.63, 3.8) is 0 Å². The van der Waals surface area contributed by atoms with Crippen molar-refractivity contribution < 1.29 is 19.5 Å². The molecule has 3 fully saturated rings. The van der Waals surface area contributed by atoms with Crippen LogP contribution in [0.1, 0.15) is 38.5 Å². The Morgan fingerprint density at radius 1 is 1.00 bits per heavy atom. The summed E-state index contributed by atoms with van der Waals surface area (Å²) in [6.07, 6.45) is 4.75. The standard InChI is InChI=1S/C16H25N3O4/c20-14(11-4-1-7-17-11)10-18-8-2-5-12(18)15(21)19-9-3-6-13(19)16(22)23/h11-13,17H,1-10H2,(H,22,23). The Hall–Kier alpha value is -1.47. The molecule has 128 valence electrons. The number of likely N-dealkylation sites (tertiary alicyclic amines) is 2. The van der Waals surface area contributed by atoms with Gasteiger partial charge in [-0.05, 0) is 51.6 Å². The molecule has 2 N–H and O–H groups in total. The summed E-state index contributed by atoms with van der Waals surface area (Å²) in [6, 6.07) is -1.11. The van der Waals surface area contributed by atoms with E-state index in [1.54, 1.807) is 0 Å². The zero-order chi connectivity index (χ0) is 16.4. The van der Waals surface area contributed by atoms with E-state index in [0.29, 0.717) is 25.9 Å². The molecule has 0 aromatic heterocycles. The largest absolute Gasteiger partial charge is 0.480 e. The molecule has 0 saturated carbocycles. The number of nitrogens with one attached hydrogen (secondary N) is 1. The zero-order valence-corrected chi connectivity index (χ0v) is 13.4. The van der Waals surface area contributed by atoms with Gasteiger partial charge >= 0.3 is 5.97 Å². The molecular weight excluding hydrogens is 298 g/mol. The molecule has 3 unspecified atom stereocenters. The molecule has 0 bridgehead atoms. The van der Waals surface area contributed by atoms with Gasteiger partial charge in [-0.3, -0.25) is 14.5 Å². The molecule has 7 nitrogen and oxygen atoms in total. The second-order valence-corrected chi connectivity index (χ2v) is 6.77. The minimum Gasteiger partial charge on any atom is -0.480 e. The summed E-state index contributed by atoms with van der Waals surface area (Å²) in [5.41, 5.74) is 0. The van der Waals surface area contributed by atoms with Crippen molar-refractivity contribution in [2.24, 2.45) is 0 Å². The van der Waals surface area contributed by atoms with Crippen LogP contribution >= 0.6 is 0 Å². The molecule has 23 heavy (non-hydrogen) atoms. The minimum atomic E-state index is -0.924. The molecule has 0 radical (unpaired) electrons. The highest BCUT2D eigenvalue weighted by atomic mass is 16.4. The molecule has 3 heterocycles. The molecule has 3 aliphatic rings. The summed E-state index contributed by atoms with van der Waals surface area (Å²) in [6.45, 7) is 2.42. The lowest BCUT2D eigenvalue weighted by Crippen LogP contribution is -2.51. The van der Waals surface area contributed by atoms with Gasteiger partial charge in [-0.2, -0.15) is 0 Å². The maximum atomic E-state index is 12.8. The molecule has 0 aromatic rings. The van der Waals surface area contributed by atoms with Crippen LogP contribution in [-0.4, -0.2) is 76.9 Å². The number of hydrogen-bond acceptors (Lipinski definition) is 5. The summed E-state index contributed by atoms with van der Waals surface area (Å²) in [4.78, 5) is 39.9. The van der Waals surface area contributed by atoms with Gasteiger partial charge in [-0.1, -0.05) is 0 Å². The number of carboxylic acids is 1. The zero-order valence-electron chi connectivity index (χ0n) is 13.4. The summed E-state index contributed by atoms with van der Waals surface area (Å²) >= 11 is 0. The van der Waals surface area contributed by atoms with E-state index < -0.39 is 12.0 Å². The van der Waals surface area contributed by atoms with Gasteiger partial charge in [0.05, 0.1) is 18.6 Å². The first-order chi connectivity index (χ1) is 11.1. The number of Topliss-reactive ketones (excluding diaryl/α,β-unsaturated/α-hetero) is 1. The predicted molar refractivity (Wildman–Crippen MR) is 83.0 cm³/mol. The first-order valence-electron chi connectivity index (χ1n) is 8.61. The van der Waals surface area contributed by atoms with Crippen molar-refractivity contribution in [1.29, 1.82) is 0 Å². The molecule has 1 amide bonds. The van der Waals surface area contributed by atoms with E-state index in [9.17, 15) is 19.5 Å². The molecule has 7 heteroatoms. The second kappa shape index (κ2) is 6.97. The molecule has 0 aliphatic carbocycles. The number of carbonyl (C=O) groups excluding carboxylic acids is 2. The maximum Gasteiger partial charge on any atom is 0.326 e. The van der Waals surface area contributed by atoms with Gasteiger partial charge in [0, 0.05) is 6.54 Å². The quantitative estimate of drug-likeness (QED) is 0.731. The van der Waals surface area contributed by atoms with Crippen LogP contribution in [0.2, 0.25) is 0 Å². The third-order valence-electron chi connectivity index (χ3n) is 5.28. The highest BCUT2D eigenvalue weighted by Crippen LogP contribution is 2.25. The van der Waals surface area contributed by atoms with Gasteiger partial charge in [-0.15, -0.1) is 0 Å². The molecule has 0 aromatic carbocycles. The Morgan fingerprint density at radius 3 is 2.43 bits per heavy atom. The molecule has 3 atom stereocenters. The minimum absolute atomic E-state index is 0.0788. The van der Waals surface area contributed by atoms with Crippen molar-refractivity contribution in [1.82, 2.24) is 15.1 Å². The fraction of sp³-hybridized carbons (Fsp3) is 0.812. The van der Waals surface area contributed by atoms with Gasteiger partial charge in [0.25, 0.3) is 0 Å². The van der Waals surface area contributed by atoms with Gasteiger partial charge in [0.15, 0.2) is 5.78 Å². The van der Waals surface area contributed by atoms with E-state index in [1.165, 1.54) is 4.90 Å². The molecular formula is C16H25N3O4. The third-order valence-corrected chi connectivity index (χ3v) is 5.28. The van der Waals surface area contributed by atoms with Crippen molar-refractivity contribution in [3.05, 3.63) is 0 Å². The Morgan fingerprint density at radius 2 is 1.74 bits per heavy atom. The average molecular weight is 323 g/mol. The van der Waals surface area contributed by atoms with Crippen LogP contribution in [0.5, 0.6) is 0 Å². The van der Waals surface area contributed by atoms with Crippen LogP contribution in [0.15, 0.2) is 0 Å². The van der Waals surface area contributed by atoms with E-state index >= 15 is 0 Å². The van der Waals surface area contributed by atoms with Crippen LogP contribution in [0.25, 0.3) is 0 Å². The van der Waals surface area contributed by atoms with Gasteiger partial charge in [0.1, 0.15) is 6.04 Å². The second-order valence-electron chi connectivity index (χ2n) is 6.77. The first kappa shape index (κ1) is 16.4. The smallest absolute Gasteiger partial charge is 0.326 e. The van der Waals surface area contributed by atoms with Crippen LogP contribution in [0.3, 0.4) is 0 Å². The average Bonchev–Trinajstić information content (AvgIpc) is 3.26. The van der Waals surface area contributed by atoms with E-state index in [-0.39, 0.29) is 23.8 Å². The highest BCUT2D eigenvalue weighted by Gasteiger charge is 2.41. The Kier molecular flexibility index (Phi) is 4.96. The summed E-state index contributed by atoms with van der Waals surface area (Å²) in [7, 11) is 0. The molecule has 3 saturated heterocycles. The van der Waals surface area contributed by atoms with Gasteiger partial charge in [-0.25, -0.2) is 4.79 Å². The lowest BCUT2D eigenvalue weighted by atomic mass is 10.1. The number of carboxylic acid groups (broad SMARTS) is 1. The molecule has 0 spiro atoms. The summed E-state index contributed by atoms with van der Waals surface area (Å²) < 4.78 is 0. The lowest BCUT2D eigenvalue weighted by Gasteiger charge is -2.30. The van der Waals surface area contributed by atoms with Crippen molar-refractivity contribution in [2.45, 2.75) is 56.7 Å². The third kappa shape index (κ3) is 3.40. The first-order valence-corrected chi connectivity index (χ1v) is 8.61. The van der Waals surface area contributed by atoms with Gasteiger partial charge in [0.2, 0.25) is 5.91 Å². The number of carbonyl (C=O) groups is 3. The Labute approximate surface area is 136 Å². The Bertz CT molecular complexity index is 490. The maximum absolute atomic E-state index is 12.8. The fourth-order valence-electron chi connectivity index (χ4n) is 4.04. The summed E-state index contributed by atoms with van der Waals surface area (Å²) in [5, 5.41) is 12.5. The number of rotatable bonds is 5. The van der Waals surface area contributed by atoms with Crippen LogP contribution in [0, 0.1) is 0 Å². The fourth-order valence-corrected chi connectivity index (χ4v) is 4.04. The monoisotopic (exact) mass is 323 g/mol. The van der Waals surface area contributed by atoms with Crippen LogP contribution in [0.4, 0.5) is 0 Å². The van der Waals surface area contributed by atoms with Crippen LogP contribution < -0.4 is 5.32 Å². The van der Waals surface area contributed by atoms with E-state index in [0.717, 1.165) is 38.8 Å². The number of ketones is 1. The van der Waals surface area contributed by atoms with Gasteiger partial charge < -0.3 is 15.3 Å². The van der Waals surface area contributed by atoms with E-state index in [1.807, 2.05) is 4.90 Å². The normalized spacial score (nSPS) is 31.7. The van der Waals surface area contributed by atoms with E-state index in [4.69, 9.17) is 0 Å². The lowest BCUT2D eigenvalue weighted by molar-refractivity contribution is -0.150. The number of aliphatic carboxylic acids is 1. The van der Waals surface area contributed by atoms with Crippen LogP contribution in [-0.2, 0) is 14.4 Å². The predicted octanol–water partition coefficient (Wildman–Crippen LogP) is -0.152. The SMILES string of the molecule is O=C(CN1CCCC1C(=O)N1CCCC1C(=O)O)C1CCCN1. The molecule has 3 rings (SSSR count). The highest BCUT2D eigenvalue weighted by molar-refractivity contribution is 5.90. The van der Waals surface area contributed by atoms with Crippen molar-refractivity contribution in [2.75, 3.05) is 26.2 Å². The number of hydrogen-bond donors (Lipinski definition) is 2. The topological polar surface area (TPSA) is 90.0 Å².